The molecule has 0 fully saturated rings. The number of carbonyl (C=O) groups excluding carboxylic acids is 1. The van der Waals surface area contributed by atoms with Gasteiger partial charge in [0.2, 0.25) is 0 Å². The van der Waals surface area contributed by atoms with E-state index in [2.05, 4.69) is 32.2 Å². The van der Waals surface area contributed by atoms with E-state index in [9.17, 15) is 4.79 Å². The van der Waals surface area contributed by atoms with Crippen molar-refractivity contribution in [2.45, 2.75) is 60.3 Å². The smallest absolute Gasteiger partial charge is 0.160 e. The highest BCUT2D eigenvalue weighted by Gasteiger charge is 2.29. The van der Waals surface area contributed by atoms with Crippen LogP contribution in [-0.2, 0) is 12.8 Å². The molecular formula is C22H36N4OS. The first-order chi connectivity index (χ1) is 13.2. The summed E-state index contributed by atoms with van der Waals surface area (Å²) >= 11 is 1.50. The fourth-order valence-corrected chi connectivity index (χ4v) is 4.05. The van der Waals surface area contributed by atoms with E-state index >= 15 is 0 Å². The number of hydrogen-bond donors (Lipinski definition) is 3. The van der Waals surface area contributed by atoms with Crippen molar-refractivity contribution in [3.05, 3.63) is 28.3 Å². The van der Waals surface area contributed by atoms with Crippen LogP contribution in [-0.4, -0.2) is 30.7 Å². The van der Waals surface area contributed by atoms with Gasteiger partial charge in [-0.25, -0.2) is 4.98 Å². The minimum Gasteiger partial charge on any atom is -0.388 e. The first kappa shape index (κ1) is 24.2. The van der Waals surface area contributed by atoms with Crippen LogP contribution in [0.3, 0.4) is 0 Å². The first-order valence-corrected chi connectivity index (χ1v) is 10.9. The Balaban J connectivity index is 0.000000372. The van der Waals surface area contributed by atoms with Gasteiger partial charge in [0, 0.05) is 24.0 Å². The van der Waals surface area contributed by atoms with Crippen LogP contribution in [0, 0.1) is 16.7 Å². The van der Waals surface area contributed by atoms with E-state index in [1.54, 1.807) is 0 Å². The molecule has 0 spiro atoms. The number of aryl methyl sites for hydroxylation is 1. The normalized spacial score (nSPS) is 15.6. The topological polar surface area (TPSA) is 91.9 Å². The van der Waals surface area contributed by atoms with Crippen molar-refractivity contribution >= 4 is 33.7 Å². The maximum atomic E-state index is 10.9. The van der Waals surface area contributed by atoms with Crippen LogP contribution in [0.15, 0.2) is 12.1 Å². The van der Waals surface area contributed by atoms with E-state index in [1.165, 1.54) is 29.0 Å². The zero-order valence-electron chi connectivity index (χ0n) is 18.2. The summed E-state index contributed by atoms with van der Waals surface area (Å²) in [6.45, 7) is 11.8. The fourth-order valence-electron chi connectivity index (χ4n) is 3.20. The molecule has 2 aromatic rings. The lowest BCUT2D eigenvalue weighted by atomic mass is 9.71. The molecule has 1 unspecified atom stereocenters. The van der Waals surface area contributed by atoms with Gasteiger partial charge in [-0.3, -0.25) is 10.2 Å². The number of hydrogen-bond acceptors (Lipinski definition) is 5. The number of nitrogens with two attached hydrogens (primary N) is 1. The lowest BCUT2D eigenvalue weighted by Gasteiger charge is -2.34. The van der Waals surface area contributed by atoms with Gasteiger partial charge in [-0.1, -0.05) is 34.6 Å². The molecule has 1 atom stereocenters. The minimum absolute atomic E-state index is 0.245. The molecule has 0 aliphatic heterocycles. The number of nitrogens with one attached hydrogen (secondary N) is 2. The second kappa shape index (κ2) is 11.3. The van der Waals surface area contributed by atoms with Crippen LogP contribution in [0.4, 0.5) is 0 Å². The van der Waals surface area contributed by atoms with Gasteiger partial charge < -0.3 is 11.1 Å². The van der Waals surface area contributed by atoms with E-state index < -0.39 is 0 Å². The van der Waals surface area contributed by atoms with E-state index in [0.29, 0.717) is 11.8 Å². The molecule has 0 bridgehead atoms. The van der Waals surface area contributed by atoms with Crippen LogP contribution in [0.25, 0.3) is 10.2 Å². The van der Waals surface area contributed by atoms with Crippen molar-refractivity contribution in [1.29, 1.82) is 5.41 Å². The van der Waals surface area contributed by atoms with Crippen molar-refractivity contribution in [2.24, 2.45) is 17.1 Å². The molecule has 0 saturated heterocycles. The molecule has 0 saturated carbocycles. The van der Waals surface area contributed by atoms with E-state index in [0.717, 1.165) is 46.7 Å². The summed E-state index contributed by atoms with van der Waals surface area (Å²) in [4.78, 5) is 17.4. The number of carbonyl (C=O) groups is 1. The first-order valence-electron chi connectivity index (χ1n) is 10.1. The zero-order valence-corrected chi connectivity index (χ0v) is 19.0. The molecule has 5 nitrogen and oxygen atoms in total. The second-order valence-corrected chi connectivity index (χ2v) is 9.00. The number of rotatable bonds is 4. The van der Waals surface area contributed by atoms with Crippen LogP contribution in [0.2, 0.25) is 0 Å². The molecule has 2 aromatic heterocycles. The molecule has 0 radical (unpaired) electrons. The Hall–Kier alpha value is -1.79. The van der Waals surface area contributed by atoms with Gasteiger partial charge in [0.05, 0.1) is 10.7 Å². The van der Waals surface area contributed by atoms with Crippen molar-refractivity contribution in [2.75, 3.05) is 13.6 Å². The lowest BCUT2D eigenvalue weighted by Crippen LogP contribution is -2.27. The van der Waals surface area contributed by atoms with Crippen molar-refractivity contribution in [3.63, 3.8) is 0 Å². The summed E-state index contributed by atoms with van der Waals surface area (Å²) in [5.74, 6) is 0.970. The number of nitrogens with zero attached hydrogens (tertiary/aromatic N) is 1. The Morgan fingerprint density at radius 3 is 2.57 bits per heavy atom. The fraction of sp³-hybridized carbons (Fsp3) is 0.591. The van der Waals surface area contributed by atoms with Gasteiger partial charge in [0.25, 0.3) is 0 Å². The molecule has 6 heteroatoms. The Labute approximate surface area is 173 Å². The number of pyridine rings is 1. The van der Waals surface area contributed by atoms with E-state index in [1.807, 2.05) is 27.0 Å². The van der Waals surface area contributed by atoms with Crippen LogP contribution in [0.5, 0.6) is 0 Å². The maximum absolute atomic E-state index is 10.9. The van der Waals surface area contributed by atoms with Crippen LogP contribution < -0.4 is 11.1 Å². The van der Waals surface area contributed by atoms with Gasteiger partial charge in [-0.15, -0.1) is 11.3 Å². The summed E-state index contributed by atoms with van der Waals surface area (Å²) in [5.41, 5.74) is 8.00. The Bertz CT molecular complexity index is 777. The summed E-state index contributed by atoms with van der Waals surface area (Å²) in [5, 5.41) is 10.7. The summed E-state index contributed by atoms with van der Waals surface area (Å²) in [7, 11) is 1.84. The van der Waals surface area contributed by atoms with Gasteiger partial charge in [0.1, 0.15) is 4.83 Å². The molecule has 1 aliphatic rings. The summed E-state index contributed by atoms with van der Waals surface area (Å²) < 4.78 is 0. The highest BCUT2D eigenvalue weighted by atomic mass is 32.1. The average molecular weight is 405 g/mol. The monoisotopic (exact) mass is 404 g/mol. The lowest BCUT2D eigenvalue weighted by molar-refractivity contribution is 0.112. The standard InChI is InChI=1S/C16H19NOS.C4H11N3.C2H6/c1-16(2,3)12-4-5-14-10(7-12)6-11-8-13(9-18)19-15(11)17-14;1-7-3-2-4(5)6;1-2/h6,8-9,12H,4-5,7H2,1-3H3;7H,2-3H2,1H3,(H3,5,6);1-2H3. The highest BCUT2D eigenvalue weighted by molar-refractivity contribution is 7.20. The number of aldehydes is 1. The predicted molar refractivity (Wildman–Crippen MR) is 122 cm³/mol. The maximum Gasteiger partial charge on any atom is 0.160 e. The summed E-state index contributed by atoms with van der Waals surface area (Å²) in [6.07, 6.45) is 4.98. The molecule has 1 aliphatic carbocycles. The largest absolute Gasteiger partial charge is 0.388 e. The van der Waals surface area contributed by atoms with E-state index in [-0.39, 0.29) is 5.84 Å². The van der Waals surface area contributed by atoms with Crippen LogP contribution >= 0.6 is 11.3 Å². The third-order valence-corrected chi connectivity index (χ3v) is 5.85. The van der Waals surface area contributed by atoms with Crippen molar-refractivity contribution in [3.8, 4) is 0 Å². The Kier molecular flexibility index (Phi) is 9.76. The molecule has 28 heavy (non-hydrogen) atoms. The third-order valence-electron chi connectivity index (χ3n) is 4.88. The molecule has 0 aromatic carbocycles. The molecule has 0 amide bonds. The van der Waals surface area contributed by atoms with Gasteiger partial charge in [-0.05, 0) is 55.3 Å². The van der Waals surface area contributed by atoms with E-state index in [4.69, 9.17) is 16.1 Å². The highest BCUT2D eigenvalue weighted by Crippen LogP contribution is 2.38. The van der Waals surface area contributed by atoms with Crippen molar-refractivity contribution in [1.82, 2.24) is 10.3 Å². The van der Waals surface area contributed by atoms with Gasteiger partial charge >= 0.3 is 0 Å². The molecule has 4 N–H and O–H groups in total. The average Bonchev–Trinajstić information content (AvgIpc) is 3.07. The number of thiophene rings is 1. The second-order valence-electron chi connectivity index (χ2n) is 7.94. The number of fused-ring (bicyclic) bond motifs is 2. The molecule has 2 heterocycles. The zero-order chi connectivity index (χ0) is 21.3. The van der Waals surface area contributed by atoms with Gasteiger partial charge in [-0.2, -0.15) is 0 Å². The Morgan fingerprint density at radius 2 is 2.07 bits per heavy atom. The quantitative estimate of drug-likeness (QED) is 0.387. The van der Waals surface area contributed by atoms with Crippen LogP contribution in [0.1, 0.15) is 68.4 Å². The number of amidine groups is 1. The summed E-state index contributed by atoms with van der Waals surface area (Å²) in [6, 6.07) is 4.21. The Morgan fingerprint density at radius 1 is 1.39 bits per heavy atom. The third kappa shape index (κ3) is 6.99. The molecule has 156 valence electrons. The molecule has 3 rings (SSSR count). The number of aromatic nitrogens is 1. The SMILES string of the molecule is CC.CC(C)(C)C1CCc2nc3sc(C=O)cc3cc2C1.CNCCC(=N)N. The molecular weight excluding hydrogens is 368 g/mol. The van der Waals surface area contributed by atoms with Gasteiger partial charge in [0.15, 0.2) is 6.29 Å². The minimum atomic E-state index is 0.245. The van der Waals surface area contributed by atoms with Crippen molar-refractivity contribution < 1.29 is 4.79 Å². The predicted octanol–water partition coefficient (Wildman–Crippen LogP) is 4.82.